The van der Waals surface area contributed by atoms with E-state index in [0.29, 0.717) is 16.9 Å². The van der Waals surface area contributed by atoms with Crippen molar-refractivity contribution in [1.82, 2.24) is 0 Å². The van der Waals surface area contributed by atoms with Gasteiger partial charge in [0.2, 0.25) is 0 Å². The van der Waals surface area contributed by atoms with Crippen molar-refractivity contribution in [2.24, 2.45) is 0 Å². The van der Waals surface area contributed by atoms with Crippen LogP contribution in [0.4, 0.5) is 4.39 Å². The number of halogens is 1. The SMILES string of the molecule is O=C(O)CC(=O)c1ccc(OCc2cccc(F)c2)cc1. The van der Waals surface area contributed by atoms with Crippen LogP contribution in [0.2, 0.25) is 0 Å². The van der Waals surface area contributed by atoms with E-state index in [1.165, 1.54) is 24.3 Å². The van der Waals surface area contributed by atoms with Gasteiger partial charge in [-0.05, 0) is 42.0 Å². The molecule has 21 heavy (non-hydrogen) atoms. The summed E-state index contributed by atoms with van der Waals surface area (Å²) < 4.78 is 18.5. The molecule has 0 aliphatic heterocycles. The molecule has 0 heterocycles. The minimum absolute atomic E-state index is 0.209. The van der Waals surface area contributed by atoms with Crippen LogP contribution in [0.15, 0.2) is 48.5 Å². The van der Waals surface area contributed by atoms with Gasteiger partial charge in [0.15, 0.2) is 5.78 Å². The summed E-state index contributed by atoms with van der Waals surface area (Å²) in [7, 11) is 0. The maximum Gasteiger partial charge on any atom is 0.311 e. The van der Waals surface area contributed by atoms with Crippen LogP contribution in [0, 0.1) is 5.82 Å². The summed E-state index contributed by atoms with van der Waals surface area (Å²) in [4.78, 5) is 22.0. The lowest BCUT2D eigenvalue weighted by molar-refractivity contribution is -0.135. The number of Topliss-reactive ketones (excluding diaryl/α,β-unsaturated/α-hetero) is 1. The fraction of sp³-hybridized carbons (Fsp3) is 0.125. The molecule has 2 aromatic rings. The minimum Gasteiger partial charge on any atom is -0.489 e. The van der Waals surface area contributed by atoms with Crippen LogP contribution >= 0.6 is 0 Å². The number of rotatable bonds is 6. The lowest BCUT2D eigenvalue weighted by Crippen LogP contribution is -2.06. The molecule has 0 unspecified atom stereocenters. The summed E-state index contributed by atoms with van der Waals surface area (Å²) in [5.41, 5.74) is 1.01. The quantitative estimate of drug-likeness (QED) is 0.655. The van der Waals surface area contributed by atoms with Gasteiger partial charge in [-0.25, -0.2) is 4.39 Å². The second-order valence-electron chi connectivity index (χ2n) is 4.44. The van der Waals surface area contributed by atoms with Gasteiger partial charge >= 0.3 is 5.97 Å². The number of hydrogen-bond donors (Lipinski definition) is 1. The number of carboxylic acid groups (broad SMARTS) is 1. The highest BCUT2D eigenvalue weighted by molar-refractivity contribution is 6.05. The zero-order chi connectivity index (χ0) is 15.2. The van der Waals surface area contributed by atoms with Crippen LogP contribution < -0.4 is 4.74 Å². The molecular formula is C16H13FO4. The van der Waals surface area contributed by atoms with Gasteiger partial charge in [0, 0.05) is 5.56 Å². The number of carboxylic acids is 1. The van der Waals surface area contributed by atoms with Crippen LogP contribution in [0.25, 0.3) is 0 Å². The summed E-state index contributed by atoms with van der Waals surface area (Å²) >= 11 is 0. The first-order chi connectivity index (χ1) is 10.0. The molecule has 0 bridgehead atoms. The first kappa shape index (κ1) is 14.7. The normalized spacial score (nSPS) is 10.1. The Morgan fingerprint density at radius 2 is 1.81 bits per heavy atom. The van der Waals surface area contributed by atoms with Crippen LogP contribution in [0.5, 0.6) is 5.75 Å². The zero-order valence-electron chi connectivity index (χ0n) is 11.1. The van der Waals surface area contributed by atoms with E-state index in [1.54, 1.807) is 24.3 Å². The Morgan fingerprint density at radius 3 is 2.43 bits per heavy atom. The Labute approximate surface area is 120 Å². The highest BCUT2D eigenvalue weighted by Gasteiger charge is 2.10. The monoisotopic (exact) mass is 288 g/mol. The van der Waals surface area contributed by atoms with E-state index in [-0.39, 0.29) is 12.4 Å². The number of carbonyl (C=O) groups is 2. The fourth-order valence-electron chi connectivity index (χ4n) is 1.77. The lowest BCUT2D eigenvalue weighted by Gasteiger charge is -2.07. The Balaban J connectivity index is 1.96. The van der Waals surface area contributed by atoms with E-state index in [2.05, 4.69) is 0 Å². The van der Waals surface area contributed by atoms with Crippen molar-refractivity contribution in [3.05, 3.63) is 65.5 Å². The summed E-state index contributed by atoms with van der Waals surface area (Å²) in [6, 6.07) is 12.2. The average molecular weight is 288 g/mol. The van der Waals surface area contributed by atoms with Crippen molar-refractivity contribution in [3.8, 4) is 5.75 Å². The van der Waals surface area contributed by atoms with Crippen molar-refractivity contribution < 1.29 is 23.8 Å². The van der Waals surface area contributed by atoms with Crippen LogP contribution in [0.3, 0.4) is 0 Å². The number of carbonyl (C=O) groups excluding carboxylic acids is 1. The molecule has 0 aliphatic rings. The average Bonchev–Trinajstić information content (AvgIpc) is 2.45. The third-order valence-electron chi connectivity index (χ3n) is 2.78. The van der Waals surface area contributed by atoms with Crippen molar-refractivity contribution in [2.75, 3.05) is 0 Å². The van der Waals surface area contributed by atoms with Gasteiger partial charge in [0.1, 0.15) is 24.6 Å². The van der Waals surface area contributed by atoms with E-state index < -0.39 is 18.2 Å². The van der Waals surface area contributed by atoms with E-state index in [0.717, 1.165) is 0 Å². The van der Waals surface area contributed by atoms with E-state index in [1.807, 2.05) is 0 Å². The topological polar surface area (TPSA) is 63.6 Å². The number of benzene rings is 2. The Kier molecular flexibility index (Phi) is 4.66. The first-order valence-corrected chi connectivity index (χ1v) is 6.27. The zero-order valence-corrected chi connectivity index (χ0v) is 11.1. The summed E-state index contributed by atoms with van der Waals surface area (Å²) in [6.45, 7) is 0.209. The first-order valence-electron chi connectivity index (χ1n) is 6.27. The molecule has 0 radical (unpaired) electrons. The van der Waals surface area contributed by atoms with E-state index >= 15 is 0 Å². The standard InChI is InChI=1S/C16H13FO4/c17-13-3-1-2-11(8-13)10-21-14-6-4-12(5-7-14)15(18)9-16(19)20/h1-8H,9-10H2,(H,19,20). The van der Waals surface area contributed by atoms with Gasteiger partial charge in [0.05, 0.1) is 0 Å². The molecule has 0 aliphatic carbocycles. The number of ketones is 1. The third-order valence-corrected chi connectivity index (χ3v) is 2.78. The van der Waals surface area contributed by atoms with Gasteiger partial charge in [0.25, 0.3) is 0 Å². The Morgan fingerprint density at radius 1 is 1.10 bits per heavy atom. The highest BCUT2D eigenvalue weighted by Crippen LogP contribution is 2.15. The maximum atomic E-state index is 13.0. The molecule has 0 amide bonds. The second-order valence-corrected chi connectivity index (χ2v) is 4.44. The highest BCUT2D eigenvalue weighted by atomic mass is 19.1. The van der Waals surface area contributed by atoms with Crippen LogP contribution in [-0.4, -0.2) is 16.9 Å². The fourth-order valence-corrected chi connectivity index (χ4v) is 1.77. The molecule has 5 heteroatoms. The van der Waals surface area contributed by atoms with Crippen molar-refractivity contribution in [2.45, 2.75) is 13.0 Å². The van der Waals surface area contributed by atoms with Gasteiger partial charge in [-0.1, -0.05) is 12.1 Å². The number of hydrogen-bond acceptors (Lipinski definition) is 3. The molecule has 0 spiro atoms. The van der Waals surface area contributed by atoms with Gasteiger partial charge in [-0.15, -0.1) is 0 Å². The molecular weight excluding hydrogens is 275 g/mol. The molecule has 2 rings (SSSR count). The van der Waals surface area contributed by atoms with Crippen molar-refractivity contribution >= 4 is 11.8 Å². The molecule has 0 saturated carbocycles. The van der Waals surface area contributed by atoms with E-state index in [4.69, 9.17) is 9.84 Å². The predicted molar refractivity (Wildman–Crippen MR) is 73.8 cm³/mol. The molecule has 108 valence electrons. The predicted octanol–water partition coefficient (Wildman–Crippen LogP) is 3.06. The van der Waals surface area contributed by atoms with Gasteiger partial charge in [-0.2, -0.15) is 0 Å². The smallest absolute Gasteiger partial charge is 0.311 e. The maximum absolute atomic E-state index is 13.0. The van der Waals surface area contributed by atoms with Crippen LogP contribution in [0.1, 0.15) is 22.3 Å². The van der Waals surface area contributed by atoms with E-state index in [9.17, 15) is 14.0 Å². The second kappa shape index (κ2) is 6.65. The molecule has 0 aromatic heterocycles. The molecule has 0 saturated heterocycles. The summed E-state index contributed by atoms with van der Waals surface area (Å²) in [6.07, 6.45) is -0.538. The summed E-state index contributed by atoms with van der Waals surface area (Å²) in [5, 5.41) is 8.56. The molecule has 2 aromatic carbocycles. The Bertz CT molecular complexity index is 650. The molecule has 0 atom stereocenters. The minimum atomic E-state index is -1.16. The lowest BCUT2D eigenvalue weighted by atomic mass is 10.1. The third kappa shape index (κ3) is 4.42. The molecule has 0 fully saturated rings. The van der Waals surface area contributed by atoms with Gasteiger partial charge in [-0.3, -0.25) is 9.59 Å². The van der Waals surface area contributed by atoms with Crippen molar-refractivity contribution in [3.63, 3.8) is 0 Å². The Hall–Kier alpha value is -2.69. The van der Waals surface area contributed by atoms with Crippen molar-refractivity contribution in [1.29, 1.82) is 0 Å². The van der Waals surface area contributed by atoms with Crippen LogP contribution in [-0.2, 0) is 11.4 Å². The molecule has 4 nitrogen and oxygen atoms in total. The molecule has 1 N–H and O–H groups in total. The number of ether oxygens (including phenoxy) is 1. The largest absolute Gasteiger partial charge is 0.489 e. The van der Waals surface area contributed by atoms with Gasteiger partial charge < -0.3 is 9.84 Å². The number of aliphatic carboxylic acids is 1. The summed E-state index contributed by atoms with van der Waals surface area (Å²) in [5.74, 6) is -1.43.